The Morgan fingerprint density at radius 1 is 1.19 bits per heavy atom. The van der Waals surface area contributed by atoms with Crippen molar-refractivity contribution in [3.05, 3.63) is 53.6 Å². The predicted molar refractivity (Wildman–Crippen MR) is 85.5 cm³/mol. The lowest BCUT2D eigenvalue weighted by Crippen LogP contribution is -2.16. The van der Waals surface area contributed by atoms with Crippen molar-refractivity contribution in [3.8, 4) is 5.75 Å². The Morgan fingerprint density at radius 3 is 2.76 bits per heavy atom. The molecular weight excluding hydrogens is 264 g/mol. The van der Waals surface area contributed by atoms with Crippen LogP contribution in [0.15, 0.2) is 42.5 Å². The van der Waals surface area contributed by atoms with Gasteiger partial charge in [0.05, 0.1) is 13.0 Å². The maximum atomic E-state index is 11.9. The van der Waals surface area contributed by atoms with Gasteiger partial charge in [-0.3, -0.25) is 4.79 Å². The standard InChI is InChI=1S/C17H20N2O2/c1-12-6-7-13(2)16(10-12)19-17(20)8-9-21-15-5-3-4-14(18)11-15/h3-7,10-11H,8-9,18H2,1-2H3,(H,19,20). The summed E-state index contributed by atoms with van der Waals surface area (Å²) in [5.41, 5.74) is 9.32. The highest BCUT2D eigenvalue weighted by Crippen LogP contribution is 2.17. The van der Waals surface area contributed by atoms with E-state index >= 15 is 0 Å². The van der Waals surface area contributed by atoms with Gasteiger partial charge in [0.2, 0.25) is 5.91 Å². The summed E-state index contributed by atoms with van der Waals surface area (Å²) in [6, 6.07) is 13.1. The van der Waals surface area contributed by atoms with Crippen molar-refractivity contribution in [2.24, 2.45) is 0 Å². The number of hydrogen-bond acceptors (Lipinski definition) is 3. The summed E-state index contributed by atoms with van der Waals surface area (Å²) in [5.74, 6) is 0.613. The van der Waals surface area contributed by atoms with Crippen molar-refractivity contribution in [3.63, 3.8) is 0 Å². The number of amides is 1. The maximum Gasteiger partial charge on any atom is 0.227 e. The van der Waals surface area contributed by atoms with E-state index in [-0.39, 0.29) is 5.91 Å². The third-order valence-corrected chi connectivity index (χ3v) is 3.12. The van der Waals surface area contributed by atoms with E-state index in [4.69, 9.17) is 10.5 Å². The molecular formula is C17H20N2O2. The highest BCUT2D eigenvalue weighted by atomic mass is 16.5. The molecule has 0 saturated heterocycles. The molecule has 4 nitrogen and oxygen atoms in total. The smallest absolute Gasteiger partial charge is 0.227 e. The van der Waals surface area contributed by atoms with Gasteiger partial charge in [-0.15, -0.1) is 0 Å². The lowest BCUT2D eigenvalue weighted by Gasteiger charge is -2.10. The Bertz CT molecular complexity index is 638. The number of nitrogens with one attached hydrogen (secondary N) is 1. The fourth-order valence-electron chi connectivity index (χ4n) is 1.95. The zero-order valence-electron chi connectivity index (χ0n) is 12.3. The second kappa shape index (κ2) is 6.79. The van der Waals surface area contributed by atoms with Gasteiger partial charge in [-0.25, -0.2) is 0 Å². The average molecular weight is 284 g/mol. The Labute approximate surface area is 124 Å². The first-order valence-corrected chi connectivity index (χ1v) is 6.90. The van der Waals surface area contributed by atoms with E-state index in [0.717, 1.165) is 16.8 Å². The van der Waals surface area contributed by atoms with Crippen LogP contribution in [0.25, 0.3) is 0 Å². The van der Waals surface area contributed by atoms with Gasteiger partial charge in [0, 0.05) is 17.4 Å². The first-order valence-electron chi connectivity index (χ1n) is 6.90. The zero-order valence-corrected chi connectivity index (χ0v) is 12.3. The van der Waals surface area contributed by atoms with Crippen molar-refractivity contribution in [2.45, 2.75) is 20.3 Å². The second-order valence-corrected chi connectivity index (χ2v) is 5.04. The third kappa shape index (κ3) is 4.53. The fourth-order valence-corrected chi connectivity index (χ4v) is 1.95. The summed E-state index contributed by atoms with van der Waals surface area (Å²) < 4.78 is 5.51. The quantitative estimate of drug-likeness (QED) is 0.828. The number of nitrogens with two attached hydrogens (primary N) is 1. The monoisotopic (exact) mass is 284 g/mol. The van der Waals surface area contributed by atoms with Crippen LogP contribution in [0.5, 0.6) is 5.75 Å². The maximum absolute atomic E-state index is 11.9. The minimum Gasteiger partial charge on any atom is -0.493 e. The molecule has 4 heteroatoms. The van der Waals surface area contributed by atoms with Crippen LogP contribution in [0.2, 0.25) is 0 Å². The molecule has 0 unspecified atom stereocenters. The average Bonchev–Trinajstić information content (AvgIpc) is 2.43. The van der Waals surface area contributed by atoms with E-state index in [9.17, 15) is 4.79 Å². The summed E-state index contributed by atoms with van der Waals surface area (Å²) in [6.07, 6.45) is 0.294. The molecule has 0 radical (unpaired) electrons. The Morgan fingerprint density at radius 2 is 2.00 bits per heavy atom. The van der Waals surface area contributed by atoms with Gasteiger partial charge in [0.25, 0.3) is 0 Å². The Hall–Kier alpha value is -2.49. The van der Waals surface area contributed by atoms with Crippen LogP contribution >= 0.6 is 0 Å². The van der Waals surface area contributed by atoms with E-state index < -0.39 is 0 Å². The second-order valence-electron chi connectivity index (χ2n) is 5.04. The van der Waals surface area contributed by atoms with Gasteiger partial charge in [0.15, 0.2) is 0 Å². The molecule has 0 atom stereocenters. The fraction of sp³-hybridized carbons (Fsp3) is 0.235. The number of carbonyl (C=O) groups is 1. The Kier molecular flexibility index (Phi) is 4.82. The van der Waals surface area contributed by atoms with E-state index in [0.29, 0.717) is 24.5 Å². The number of ether oxygens (including phenoxy) is 1. The van der Waals surface area contributed by atoms with Crippen LogP contribution in [0.3, 0.4) is 0 Å². The van der Waals surface area contributed by atoms with Crippen LogP contribution in [-0.2, 0) is 4.79 Å². The molecule has 1 amide bonds. The van der Waals surface area contributed by atoms with Crippen LogP contribution in [0, 0.1) is 13.8 Å². The van der Waals surface area contributed by atoms with Crippen molar-refractivity contribution in [1.82, 2.24) is 0 Å². The minimum atomic E-state index is -0.0624. The van der Waals surface area contributed by atoms with E-state index in [1.807, 2.05) is 44.2 Å². The van der Waals surface area contributed by atoms with Gasteiger partial charge in [-0.2, -0.15) is 0 Å². The normalized spacial score (nSPS) is 10.2. The number of aryl methyl sites for hydroxylation is 2. The van der Waals surface area contributed by atoms with Gasteiger partial charge in [0.1, 0.15) is 5.75 Å². The first-order chi connectivity index (χ1) is 10.0. The van der Waals surface area contributed by atoms with Crippen molar-refractivity contribution >= 4 is 17.3 Å². The van der Waals surface area contributed by atoms with Crippen LogP contribution in [0.1, 0.15) is 17.5 Å². The number of carbonyl (C=O) groups excluding carboxylic acids is 1. The van der Waals surface area contributed by atoms with Crippen LogP contribution in [0.4, 0.5) is 11.4 Å². The molecule has 0 heterocycles. The number of rotatable bonds is 5. The topological polar surface area (TPSA) is 64.3 Å². The van der Waals surface area contributed by atoms with E-state index in [1.54, 1.807) is 12.1 Å². The van der Waals surface area contributed by atoms with Crippen molar-refractivity contribution in [1.29, 1.82) is 0 Å². The predicted octanol–water partition coefficient (Wildman–Crippen LogP) is 3.29. The van der Waals surface area contributed by atoms with E-state index in [1.165, 1.54) is 0 Å². The number of benzene rings is 2. The molecule has 0 aliphatic rings. The van der Waals surface area contributed by atoms with Gasteiger partial charge < -0.3 is 15.8 Å². The molecule has 2 aromatic rings. The molecule has 2 aromatic carbocycles. The van der Waals surface area contributed by atoms with Crippen molar-refractivity contribution < 1.29 is 9.53 Å². The largest absolute Gasteiger partial charge is 0.493 e. The summed E-state index contributed by atoms with van der Waals surface area (Å²) in [7, 11) is 0. The minimum absolute atomic E-state index is 0.0624. The van der Waals surface area contributed by atoms with Crippen LogP contribution in [-0.4, -0.2) is 12.5 Å². The zero-order chi connectivity index (χ0) is 15.2. The molecule has 110 valence electrons. The van der Waals surface area contributed by atoms with Gasteiger partial charge >= 0.3 is 0 Å². The summed E-state index contributed by atoms with van der Waals surface area (Å²) >= 11 is 0. The molecule has 21 heavy (non-hydrogen) atoms. The molecule has 0 bridgehead atoms. The van der Waals surface area contributed by atoms with Gasteiger partial charge in [-0.1, -0.05) is 18.2 Å². The molecule has 0 spiro atoms. The third-order valence-electron chi connectivity index (χ3n) is 3.12. The van der Waals surface area contributed by atoms with Crippen LogP contribution < -0.4 is 15.8 Å². The molecule has 0 saturated carbocycles. The molecule has 0 aromatic heterocycles. The molecule has 2 rings (SSSR count). The van der Waals surface area contributed by atoms with E-state index in [2.05, 4.69) is 5.32 Å². The summed E-state index contributed by atoms with van der Waals surface area (Å²) in [5, 5.41) is 2.91. The highest BCUT2D eigenvalue weighted by Gasteiger charge is 2.05. The summed E-state index contributed by atoms with van der Waals surface area (Å²) in [6.45, 7) is 4.29. The van der Waals surface area contributed by atoms with Gasteiger partial charge in [-0.05, 0) is 43.2 Å². The lowest BCUT2D eigenvalue weighted by atomic mass is 10.1. The first kappa shape index (κ1) is 14.9. The number of hydrogen-bond donors (Lipinski definition) is 2. The number of anilines is 2. The highest BCUT2D eigenvalue weighted by molar-refractivity contribution is 5.91. The molecule has 0 aliphatic carbocycles. The lowest BCUT2D eigenvalue weighted by molar-refractivity contribution is -0.116. The Balaban J connectivity index is 1.84. The molecule has 3 N–H and O–H groups in total. The SMILES string of the molecule is Cc1ccc(C)c(NC(=O)CCOc2cccc(N)c2)c1. The number of nitrogen functional groups attached to an aromatic ring is 1. The summed E-state index contributed by atoms with van der Waals surface area (Å²) in [4.78, 5) is 11.9. The molecule has 0 fully saturated rings. The molecule has 0 aliphatic heterocycles. The van der Waals surface area contributed by atoms with Crippen molar-refractivity contribution in [2.75, 3.05) is 17.7 Å².